The zero-order chi connectivity index (χ0) is 19.3. The van der Waals surface area contributed by atoms with Gasteiger partial charge in [0.25, 0.3) is 5.91 Å². The number of anilines is 1. The molecule has 0 aliphatic heterocycles. The Bertz CT molecular complexity index is 790. The average Bonchev–Trinajstić information content (AvgIpc) is 2.58. The SMILES string of the molecule is Cc1ccc(NC(=O)COC(=O)[C@@H](c2ccc(Cl)cc2)C(C)C)cc1F. The lowest BCUT2D eigenvalue weighted by atomic mass is 9.88. The predicted molar refractivity (Wildman–Crippen MR) is 99.8 cm³/mol. The van der Waals surface area contributed by atoms with Crippen LogP contribution in [-0.4, -0.2) is 18.5 Å². The number of carbonyl (C=O) groups excluding carboxylic acids is 2. The van der Waals surface area contributed by atoms with Crippen LogP contribution in [0.2, 0.25) is 5.02 Å². The molecule has 0 heterocycles. The number of rotatable bonds is 6. The number of benzene rings is 2. The van der Waals surface area contributed by atoms with Crippen molar-refractivity contribution in [2.75, 3.05) is 11.9 Å². The Labute approximate surface area is 157 Å². The molecule has 2 rings (SSSR count). The standard InChI is InChI=1S/C20H21ClFNO3/c1-12(2)19(14-5-7-15(21)8-6-14)20(25)26-11-18(24)23-16-9-4-13(3)17(22)10-16/h4-10,12,19H,11H2,1-3H3,(H,23,24)/t19-/m1/s1. The molecule has 0 radical (unpaired) electrons. The van der Waals surface area contributed by atoms with Gasteiger partial charge in [0, 0.05) is 10.7 Å². The lowest BCUT2D eigenvalue weighted by Crippen LogP contribution is -2.26. The molecule has 1 atom stereocenters. The maximum absolute atomic E-state index is 13.5. The topological polar surface area (TPSA) is 55.4 Å². The number of esters is 1. The Morgan fingerprint density at radius 3 is 2.38 bits per heavy atom. The zero-order valence-corrected chi connectivity index (χ0v) is 15.6. The minimum absolute atomic E-state index is 0.0158. The lowest BCUT2D eigenvalue weighted by Gasteiger charge is -2.20. The van der Waals surface area contributed by atoms with Gasteiger partial charge >= 0.3 is 5.97 Å². The van der Waals surface area contributed by atoms with Crippen LogP contribution < -0.4 is 5.32 Å². The molecule has 0 spiro atoms. The summed E-state index contributed by atoms with van der Waals surface area (Å²) in [5, 5.41) is 3.09. The summed E-state index contributed by atoms with van der Waals surface area (Å²) in [5.41, 5.74) is 1.57. The lowest BCUT2D eigenvalue weighted by molar-refractivity contribution is -0.149. The Kier molecular flexibility index (Phi) is 6.75. The molecule has 26 heavy (non-hydrogen) atoms. The summed E-state index contributed by atoms with van der Waals surface area (Å²) in [7, 11) is 0. The van der Waals surface area contributed by atoms with Crippen molar-refractivity contribution < 1.29 is 18.7 Å². The Morgan fingerprint density at radius 2 is 1.81 bits per heavy atom. The summed E-state index contributed by atoms with van der Waals surface area (Å²) < 4.78 is 18.7. The molecule has 0 bridgehead atoms. The molecule has 0 aromatic heterocycles. The highest BCUT2D eigenvalue weighted by atomic mass is 35.5. The molecule has 0 fully saturated rings. The van der Waals surface area contributed by atoms with Crippen molar-refractivity contribution in [1.82, 2.24) is 0 Å². The number of amides is 1. The second-order valence-electron chi connectivity index (χ2n) is 6.39. The molecule has 0 unspecified atom stereocenters. The van der Waals surface area contributed by atoms with E-state index in [1.165, 1.54) is 6.07 Å². The highest BCUT2D eigenvalue weighted by Gasteiger charge is 2.26. The van der Waals surface area contributed by atoms with Crippen LogP contribution >= 0.6 is 11.6 Å². The van der Waals surface area contributed by atoms with Gasteiger partial charge in [-0.2, -0.15) is 0 Å². The van der Waals surface area contributed by atoms with E-state index in [2.05, 4.69) is 5.32 Å². The van der Waals surface area contributed by atoms with E-state index < -0.39 is 30.2 Å². The summed E-state index contributed by atoms with van der Waals surface area (Å²) in [5.74, 6) is -1.95. The van der Waals surface area contributed by atoms with Gasteiger partial charge < -0.3 is 10.1 Å². The molecule has 2 aromatic carbocycles. The minimum Gasteiger partial charge on any atom is -0.455 e. The minimum atomic E-state index is -0.528. The van der Waals surface area contributed by atoms with Crippen LogP contribution in [-0.2, 0) is 14.3 Å². The average molecular weight is 378 g/mol. The molecule has 0 aliphatic rings. The Morgan fingerprint density at radius 1 is 1.15 bits per heavy atom. The van der Waals surface area contributed by atoms with E-state index in [1.54, 1.807) is 43.3 Å². The molecule has 4 nitrogen and oxygen atoms in total. The van der Waals surface area contributed by atoms with E-state index in [0.717, 1.165) is 5.56 Å². The van der Waals surface area contributed by atoms with Crippen LogP contribution in [0.3, 0.4) is 0 Å². The Balaban J connectivity index is 1.97. The molecule has 1 amide bonds. The summed E-state index contributed by atoms with van der Waals surface area (Å²) in [6.07, 6.45) is 0. The number of nitrogens with one attached hydrogen (secondary N) is 1. The molecule has 0 aliphatic carbocycles. The van der Waals surface area contributed by atoms with Crippen LogP contribution in [0, 0.1) is 18.7 Å². The zero-order valence-electron chi connectivity index (χ0n) is 14.9. The summed E-state index contributed by atoms with van der Waals surface area (Å²) in [6, 6.07) is 11.3. The van der Waals surface area contributed by atoms with Crippen LogP contribution in [0.25, 0.3) is 0 Å². The van der Waals surface area contributed by atoms with Gasteiger partial charge in [-0.3, -0.25) is 9.59 Å². The van der Waals surface area contributed by atoms with Gasteiger partial charge in [0.05, 0.1) is 5.92 Å². The van der Waals surface area contributed by atoms with Gasteiger partial charge in [0.1, 0.15) is 5.82 Å². The van der Waals surface area contributed by atoms with E-state index >= 15 is 0 Å². The molecule has 6 heteroatoms. The van der Waals surface area contributed by atoms with Gasteiger partial charge in [0.2, 0.25) is 0 Å². The predicted octanol–water partition coefficient (Wildman–Crippen LogP) is 4.71. The normalized spacial score (nSPS) is 11.9. The van der Waals surface area contributed by atoms with E-state index in [-0.39, 0.29) is 5.92 Å². The number of ether oxygens (including phenoxy) is 1. The van der Waals surface area contributed by atoms with Crippen LogP contribution in [0.4, 0.5) is 10.1 Å². The third kappa shape index (κ3) is 5.30. The molecule has 0 saturated heterocycles. The summed E-state index contributed by atoms with van der Waals surface area (Å²) in [6.45, 7) is 4.99. The number of aryl methyl sites for hydroxylation is 1. The quantitative estimate of drug-likeness (QED) is 0.742. The molecular weight excluding hydrogens is 357 g/mol. The van der Waals surface area contributed by atoms with Crippen LogP contribution in [0.15, 0.2) is 42.5 Å². The maximum atomic E-state index is 13.5. The van der Waals surface area contributed by atoms with Crippen molar-refractivity contribution in [3.05, 3.63) is 64.4 Å². The molecular formula is C20H21ClFNO3. The first-order valence-corrected chi connectivity index (χ1v) is 8.64. The van der Waals surface area contributed by atoms with Crippen LogP contribution in [0.1, 0.15) is 30.9 Å². The molecule has 1 N–H and O–H groups in total. The van der Waals surface area contributed by atoms with Gasteiger partial charge in [-0.05, 0) is 48.2 Å². The van der Waals surface area contributed by atoms with E-state index in [9.17, 15) is 14.0 Å². The van der Waals surface area contributed by atoms with Crippen molar-refractivity contribution in [2.45, 2.75) is 26.7 Å². The second-order valence-corrected chi connectivity index (χ2v) is 6.83. The Hall–Kier alpha value is -2.40. The molecule has 2 aromatic rings. The van der Waals surface area contributed by atoms with Gasteiger partial charge in [-0.15, -0.1) is 0 Å². The van der Waals surface area contributed by atoms with E-state index in [0.29, 0.717) is 16.3 Å². The number of halogens is 2. The highest BCUT2D eigenvalue weighted by molar-refractivity contribution is 6.30. The van der Waals surface area contributed by atoms with Crippen molar-refractivity contribution in [2.24, 2.45) is 5.92 Å². The van der Waals surface area contributed by atoms with Crippen LogP contribution in [0.5, 0.6) is 0 Å². The number of hydrogen-bond acceptors (Lipinski definition) is 3. The van der Waals surface area contributed by atoms with Crippen molar-refractivity contribution in [1.29, 1.82) is 0 Å². The largest absolute Gasteiger partial charge is 0.455 e. The fourth-order valence-corrected chi connectivity index (χ4v) is 2.68. The monoisotopic (exact) mass is 377 g/mol. The van der Waals surface area contributed by atoms with Gasteiger partial charge in [0.15, 0.2) is 6.61 Å². The third-order valence-electron chi connectivity index (χ3n) is 3.95. The summed E-state index contributed by atoms with van der Waals surface area (Å²) in [4.78, 5) is 24.4. The first kappa shape index (κ1) is 19.9. The molecule has 138 valence electrons. The third-order valence-corrected chi connectivity index (χ3v) is 4.20. The first-order chi connectivity index (χ1) is 12.3. The van der Waals surface area contributed by atoms with E-state index in [4.69, 9.17) is 16.3 Å². The first-order valence-electron chi connectivity index (χ1n) is 8.26. The maximum Gasteiger partial charge on any atom is 0.314 e. The number of carbonyl (C=O) groups is 2. The van der Waals surface area contributed by atoms with Gasteiger partial charge in [-0.25, -0.2) is 4.39 Å². The highest BCUT2D eigenvalue weighted by Crippen LogP contribution is 2.27. The van der Waals surface area contributed by atoms with E-state index in [1.807, 2.05) is 13.8 Å². The fraction of sp³-hybridized carbons (Fsp3) is 0.300. The number of hydrogen-bond donors (Lipinski definition) is 1. The van der Waals surface area contributed by atoms with Crippen molar-refractivity contribution in [3.63, 3.8) is 0 Å². The molecule has 0 saturated carbocycles. The van der Waals surface area contributed by atoms with Crippen molar-refractivity contribution in [3.8, 4) is 0 Å². The van der Waals surface area contributed by atoms with Gasteiger partial charge in [-0.1, -0.05) is 43.6 Å². The smallest absolute Gasteiger partial charge is 0.314 e. The summed E-state index contributed by atoms with van der Waals surface area (Å²) >= 11 is 5.88. The van der Waals surface area contributed by atoms with Crippen molar-refractivity contribution >= 4 is 29.2 Å². The fourth-order valence-electron chi connectivity index (χ4n) is 2.56. The second kappa shape index (κ2) is 8.81.